The van der Waals surface area contributed by atoms with Crippen molar-refractivity contribution in [1.82, 2.24) is 4.90 Å². The van der Waals surface area contributed by atoms with Crippen LogP contribution in [0.25, 0.3) is 0 Å². The van der Waals surface area contributed by atoms with Crippen molar-refractivity contribution in [2.45, 2.75) is 6.92 Å². The Bertz CT molecular complexity index is 413. The smallest absolute Gasteiger partial charge is 0.323 e. The van der Waals surface area contributed by atoms with Crippen molar-refractivity contribution >= 4 is 23.2 Å². The van der Waals surface area contributed by atoms with Crippen LogP contribution in [0.1, 0.15) is 14.5 Å². The normalized spacial score (nSPS) is 9.94. The minimum Gasteiger partial charge on any atom is -0.495 e. The molecule has 0 bridgehead atoms. The predicted octanol–water partition coefficient (Wildman–Crippen LogP) is 1.22. The molecule has 0 radical (unpaired) electrons. The van der Waals surface area contributed by atoms with Crippen LogP contribution in [0.3, 0.4) is 0 Å². The Hall–Kier alpha value is -1.56. The number of thiophene rings is 1. The molecule has 1 N–H and O–H groups in total. The van der Waals surface area contributed by atoms with Gasteiger partial charge in [0.1, 0.15) is 17.2 Å². The number of rotatable bonds is 4. The molecular weight excluding hydrogens is 230 g/mol. The summed E-state index contributed by atoms with van der Waals surface area (Å²) in [5.41, 5.74) is 0. The molecule has 0 unspecified atom stereocenters. The summed E-state index contributed by atoms with van der Waals surface area (Å²) in [4.78, 5) is 24.9. The fourth-order valence-electron chi connectivity index (χ4n) is 1.24. The molecule has 0 aliphatic carbocycles. The van der Waals surface area contributed by atoms with Gasteiger partial charge in [-0.25, -0.2) is 0 Å². The molecule has 0 fully saturated rings. The molecule has 0 aromatic carbocycles. The van der Waals surface area contributed by atoms with Gasteiger partial charge in [0.25, 0.3) is 5.91 Å². The topological polar surface area (TPSA) is 66.8 Å². The summed E-state index contributed by atoms with van der Waals surface area (Å²) in [7, 11) is 2.93. The lowest BCUT2D eigenvalue weighted by atomic mass is 10.3. The standard InChI is InChI=1S/C10H13NO4S/c1-6-4-7(15-3)9(16-6)10(14)11(2)5-8(12)13/h4H,5H2,1-3H3,(H,12,13). The zero-order chi connectivity index (χ0) is 12.3. The third-order valence-corrected chi connectivity index (χ3v) is 2.97. The van der Waals surface area contributed by atoms with Crippen molar-refractivity contribution in [3.05, 3.63) is 15.8 Å². The Kier molecular flexibility index (Phi) is 3.89. The predicted molar refractivity (Wildman–Crippen MR) is 60.2 cm³/mol. The van der Waals surface area contributed by atoms with Gasteiger partial charge in [-0.1, -0.05) is 0 Å². The number of carboxylic acid groups (broad SMARTS) is 1. The number of hydrogen-bond donors (Lipinski definition) is 1. The van der Waals surface area contributed by atoms with Gasteiger partial charge >= 0.3 is 5.97 Å². The molecule has 16 heavy (non-hydrogen) atoms. The summed E-state index contributed by atoms with van der Waals surface area (Å²) in [5.74, 6) is -0.884. The van der Waals surface area contributed by atoms with Gasteiger partial charge < -0.3 is 14.7 Å². The Morgan fingerprint density at radius 1 is 1.56 bits per heavy atom. The number of carboxylic acids is 1. The highest BCUT2D eigenvalue weighted by atomic mass is 32.1. The molecule has 0 spiro atoms. The van der Waals surface area contributed by atoms with E-state index in [-0.39, 0.29) is 12.5 Å². The molecule has 0 saturated carbocycles. The van der Waals surface area contributed by atoms with E-state index in [1.54, 1.807) is 6.07 Å². The second-order valence-electron chi connectivity index (χ2n) is 3.31. The first-order chi connectivity index (χ1) is 7.45. The average molecular weight is 243 g/mol. The van der Waals surface area contributed by atoms with E-state index in [2.05, 4.69) is 0 Å². The minimum atomic E-state index is -1.04. The van der Waals surface area contributed by atoms with Crippen molar-refractivity contribution < 1.29 is 19.4 Å². The summed E-state index contributed by atoms with van der Waals surface area (Å²) >= 11 is 1.29. The van der Waals surface area contributed by atoms with E-state index in [4.69, 9.17) is 9.84 Å². The fraction of sp³-hybridized carbons (Fsp3) is 0.400. The number of likely N-dealkylation sites (N-methyl/N-ethyl adjacent to an activating group) is 1. The molecule has 1 rings (SSSR count). The molecule has 0 aliphatic rings. The highest BCUT2D eigenvalue weighted by molar-refractivity contribution is 7.14. The second-order valence-corrected chi connectivity index (χ2v) is 4.57. The Morgan fingerprint density at radius 2 is 2.19 bits per heavy atom. The number of hydrogen-bond acceptors (Lipinski definition) is 4. The highest BCUT2D eigenvalue weighted by Crippen LogP contribution is 2.29. The number of nitrogens with zero attached hydrogens (tertiary/aromatic N) is 1. The van der Waals surface area contributed by atoms with E-state index in [1.807, 2.05) is 6.92 Å². The first-order valence-electron chi connectivity index (χ1n) is 4.57. The quantitative estimate of drug-likeness (QED) is 0.863. The van der Waals surface area contributed by atoms with E-state index in [9.17, 15) is 9.59 Å². The molecule has 0 atom stereocenters. The van der Waals surface area contributed by atoms with Gasteiger partial charge in [-0.15, -0.1) is 11.3 Å². The van der Waals surface area contributed by atoms with Gasteiger partial charge in [0.2, 0.25) is 0 Å². The van der Waals surface area contributed by atoms with Crippen LogP contribution >= 0.6 is 11.3 Å². The van der Waals surface area contributed by atoms with E-state index in [0.29, 0.717) is 10.6 Å². The third-order valence-electron chi connectivity index (χ3n) is 1.95. The van der Waals surface area contributed by atoms with Crippen LogP contribution in [0, 0.1) is 6.92 Å². The van der Waals surface area contributed by atoms with Crippen molar-refractivity contribution in [2.24, 2.45) is 0 Å². The lowest BCUT2D eigenvalue weighted by Gasteiger charge is -2.13. The van der Waals surface area contributed by atoms with Gasteiger partial charge in [-0.3, -0.25) is 9.59 Å². The number of carbonyl (C=O) groups excluding carboxylic acids is 1. The zero-order valence-corrected chi connectivity index (χ0v) is 10.1. The molecule has 1 aromatic heterocycles. The first kappa shape index (κ1) is 12.5. The number of aliphatic carboxylic acids is 1. The molecule has 6 heteroatoms. The maximum absolute atomic E-state index is 11.9. The summed E-state index contributed by atoms with van der Waals surface area (Å²) in [6, 6.07) is 1.76. The summed E-state index contributed by atoms with van der Waals surface area (Å²) in [6.07, 6.45) is 0. The largest absolute Gasteiger partial charge is 0.495 e. The van der Waals surface area contributed by atoms with Crippen molar-refractivity contribution in [1.29, 1.82) is 0 Å². The molecule has 88 valence electrons. The van der Waals surface area contributed by atoms with Crippen LogP contribution in [0.4, 0.5) is 0 Å². The fourth-order valence-corrected chi connectivity index (χ4v) is 2.21. The van der Waals surface area contributed by atoms with Gasteiger partial charge in [0.05, 0.1) is 7.11 Å². The zero-order valence-electron chi connectivity index (χ0n) is 9.31. The lowest BCUT2D eigenvalue weighted by Crippen LogP contribution is -2.31. The van der Waals surface area contributed by atoms with Crippen molar-refractivity contribution in [3.63, 3.8) is 0 Å². The molecule has 1 heterocycles. The highest BCUT2D eigenvalue weighted by Gasteiger charge is 2.20. The van der Waals surface area contributed by atoms with E-state index in [0.717, 1.165) is 9.78 Å². The summed E-state index contributed by atoms with van der Waals surface area (Å²) in [6.45, 7) is 1.54. The Morgan fingerprint density at radius 3 is 2.69 bits per heavy atom. The second kappa shape index (κ2) is 4.98. The van der Waals surface area contributed by atoms with Gasteiger partial charge in [-0.2, -0.15) is 0 Å². The van der Waals surface area contributed by atoms with Gasteiger partial charge in [0, 0.05) is 11.9 Å². The van der Waals surface area contributed by atoms with Crippen LogP contribution in [0.2, 0.25) is 0 Å². The molecular formula is C10H13NO4S. The number of carbonyl (C=O) groups is 2. The van der Waals surface area contributed by atoms with Crippen molar-refractivity contribution in [2.75, 3.05) is 20.7 Å². The van der Waals surface area contributed by atoms with E-state index < -0.39 is 5.97 Å². The molecule has 0 aliphatic heterocycles. The monoisotopic (exact) mass is 243 g/mol. The molecule has 1 amide bonds. The average Bonchev–Trinajstić information content (AvgIpc) is 2.57. The lowest BCUT2D eigenvalue weighted by molar-refractivity contribution is -0.137. The number of ether oxygens (including phenoxy) is 1. The van der Waals surface area contributed by atoms with E-state index in [1.165, 1.54) is 25.5 Å². The maximum atomic E-state index is 11.9. The van der Waals surface area contributed by atoms with Crippen LogP contribution < -0.4 is 4.74 Å². The summed E-state index contributed by atoms with van der Waals surface area (Å²) in [5, 5.41) is 8.59. The molecule has 1 aromatic rings. The number of aryl methyl sites for hydroxylation is 1. The Balaban J connectivity index is 2.90. The SMILES string of the molecule is COc1cc(C)sc1C(=O)N(C)CC(=O)O. The number of amides is 1. The van der Waals surface area contributed by atoms with Gasteiger partial charge in [0.15, 0.2) is 0 Å². The summed E-state index contributed by atoms with van der Waals surface area (Å²) < 4.78 is 5.06. The first-order valence-corrected chi connectivity index (χ1v) is 5.39. The Labute approximate surface area is 97.3 Å². The van der Waals surface area contributed by atoms with Crippen LogP contribution in [0.5, 0.6) is 5.75 Å². The number of methoxy groups -OCH3 is 1. The minimum absolute atomic E-state index is 0.321. The maximum Gasteiger partial charge on any atom is 0.323 e. The van der Waals surface area contributed by atoms with E-state index >= 15 is 0 Å². The van der Waals surface area contributed by atoms with Crippen LogP contribution in [-0.4, -0.2) is 42.6 Å². The molecule has 5 nitrogen and oxygen atoms in total. The van der Waals surface area contributed by atoms with Crippen molar-refractivity contribution in [3.8, 4) is 5.75 Å². The van der Waals surface area contributed by atoms with Crippen LogP contribution in [-0.2, 0) is 4.79 Å². The third kappa shape index (κ3) is 2.73. The van der Waals surface area contributed by atoms with Gasteiger partial charge in [-0.05, 0) is 13.0 Å². The van der Waals surface area contributed by atoms with Crippen LogP contribution in [0.15, 0.2) is 6.07 Å². The molecule has 0 saturated heterocycles.